The van der Waals surface area contributed by atoms with Crippen LogP contribution in [0, 0.1) is 5.82 Å². The van der Waals surface area contributed by atoms with Gasteiger partial charge in [0.15, 0.2) is 0 Å². The summed E-state index contributed by atoms with van der Waals surface area (Å²) < 4.78 is 15.5. The third-order valence-corrected chi connectivity index (χ3v) is 5.03. The van der Waals surface area contributed by atoms with Crippen molar-refractivity contribution in [2.75, 3.05) is 0 Å². The summed E-state index contributed by atoms with van der Waals surface area (Å²) in [5.74, 6) is -1.24. The van der Waals surface area contributed by atoms with Crippen molar-refractivity contribution in [3.8, 4) is 11.3 Å². The summed E-state index contributed by atoms with van der Waals surface area (Å²) in [4.78, 5) is 10.7. The van der Waals surface area contributed by atoms with Gasteiger partial charge >= 0.3 is 5.97 Å². The van der Waals surface area contributed by atoms with Crippen LogP contribution in [-0.2, 0) is 4.79 Å². The van der Waals surface area contributed by atoms with Gasteiger partial charge in [0.25, 0.3) is 0 Å². The summed E-state index contributed by atoms with van der Waals surface area (Å²) in [6, 6.07) is 12.2. The van der Waals surface area contributed by atoms with E-state index in [-0.39, 0.29) is 18.2 Å². The maximum atomic E-state index is 13.5. The van der Waals surface area contributed by atoms with Gasteiger partial charge in [0.1, 0.15) is 5.82 Å². The lowest BCUT2D eigenvalue weighted by Crippen LogP contribution is -2.19. The molecule has 2 aromatic heterocycles. The van der Waals surface area contributed by atoms with Gasteiger partial charge in [-0.05, 0) is 53.4 Å². The molecule has 0 amide bonds. The number of carboxylic acids is 1. The molecular formula is C24H26FNO4. The molecule has 0 fully saturated rings. The number of fused-ring (bicyclic) bond motifs is 1. The zero-order chi connectivity index (χ0) is 21.8. The van der Waals surface area contributed by atoms with Crippen molar-refractivity contribution < 1.29 is 24.5 Å². The topological polar surface area (TPSA) is 82.2 Å². The molecule has 0 bridgehead atoms. The van der Waals surface area contributed by atoms with Crippen molar-refractivity contribution in [1.29, 1.82) is 0 Å². The number of carboxylic acid groups (broad SMARTS) is 1. The minimum Gasteiger partial charge on any atom is -0.481 e. The Morgan fingerprint density at radius 2 is 1.83 bits per heavy atom. The highest BCUT2D eigenvalue weighted by molar-refractivity contribution is 5.83. The number of aliphatic carboxylic acids is 1. The molecule has 3 rings (SSSR count). The second-order valence-corrected chi connectivity index (χ2v) is 7.71. The van der Waals surface area contributed by atoms with E-state index in [1.54, 1.807) is 24.3 Å². The number of aromatic nitrogens is 1. The molecule has 0 aliphatic heterocycles. The van der Waals surface area contributed by atoms with Gasteiger partial charge in [-0.2, -0.15) is 0 Å². The van der Waals surface area contributed by atoms with Crippen LogP contribution in [0.4, 0.5) is 4.39 Å². The molecule has 0 spiro atoms. The van der Waals surface area contributed by atoms with Crippen molar-refractivity contribution in [2.24, 2.45) is 0 Å². The van der Waals surface area contributed by atoms with Crippen LogP contribution < -0.4 is 0 Å². The van der Waals surface area contributed by atoms with Crippen molar-refractivity contribution in [1.82, 2.24) is 4.40 Å². The molecule has 0 aliphatic carbocycles. The van der Waals surface area contributed by atoms with Crippen LogP contribution in [0.5, 0.6) is 0 Å². The molecule has 0 radical (unpaired) electrons. The van der Waals surface area contributed by atoms with Crippen molar-refractivity contribution in [3.05, 3.63) is 71.7 Å². The Kier molecular flexibility index (Phi) is 6.70. The Morgan fingerprint density at radius 1 is 1.13 bits per heavy atom. The van der Waals surface area contributed by atoms with E-state index in [4.69, 9.17) is 5.11 Å². The largest absolute Gasteiger partial charge is 0.481 e. The molecule has 3 aromatic rings. The van der Waals surface area contributed by atoms with E-state index < -0.39 is 24.6 Å². The third-order valence-electron chi connectivity index (χ3n) is 5.03. The van der Waals surface area contributed by atoms with Gasteiger partial charge in [-0.15, -0.1) is 0 Å². The van der Waals surface area contributed by atoms with E-state index in [2.05, 4.69) is 13.8 Å². The van der Waals surface area contributed by atoms with E-state index in [1.165, 1.54) is 12.1 Å². The maximum Gasteiger partial charge on any atom is 0.305 e. The van der Waals surface area contributed by atoms with Crippen molar-refractivity contribution in [2.45, 2.75) is 44.8 Å². The lowest BCUT2D eigenvalue weighted by molar-refractivity contribution is -0.139. The predicted molar refractivity (Wildman–Crippen MR) is 115 cm³/mol. The smallest absolute Gasteiger partial charge is 0.305 e. The lowest BCUT2D eigenvalue weighted by Gasteiger charge is -2.12. The highest BCUT2D eigenvalue weighted by atomic mass is 19.1. The van der Waals surface area contributed by atoms with Crippen LogP contribution >= 0.6 is 0 Å². The van der Waals surface area contributed by atoms with Gasteiger partial charge in [0.05, 0.1) is 24.3 Å². The second kappa shape index (κ2) is 9.24. The first kappa shape index (κ1) is 21.7. The summed E-state index contributed by atoms with van der Waals surface area (Å²) in [6.45, 7) is 4.17. The van der Waals surface area contributed by atoms with Crippen LogP contribution in [0.15, 0.2) is 54.7 Å². The number of hydrogen-bond donors (Lipinski definition) is 3. The van der Waals surface area contributed by atoms with Gasteiger partial charge in [-0.25, -0.2) is 4.39 Å². The van der Waals surface area contributed by atoms with Gasteiger partial charge < -0.3 is 19.7 Å². The summed E-state index contributed by atoms with van der Waals surface area (Å²) >= 11 is 0. The molecule has 6 heteroatoms. The first-order valence-electron chi connectivity index (χ1n) is 9.93. The second-order valence-electron chi connectivity index (χ2n) is 7.71. The predicted octanol–water partition coefficient (Wildman–Crippen LogP) is 4.47. The molecule has 3 N–H and O–H groups in total. The van der Waals surface area contributed by atoms with Gasteiger partial charge in [-0.3, -0.25) is 4.79 Å². The number of carbonyl (C=O) groups is 1. The number of hydrogen-bond acceptors (Lipinski definition) is 3. The number of aliphatic hydroxyl groups is 2. The van der Waals surface area contributed by atoms with Crippen molar-refractivity contribution in [3.63, 3.8) is 0 Å². The number of halogens is 1. The molecule has 0 aliphatic rings. The van der Waals surface area contributed by atoms with Crippen LogP contribution in [0.25, 0.3) is 22.9 Å². The summed E-state index contributed by atoms with van der Waals surface area (Å²) in [6.07, 6.45) is 2.71. The Balaban J connectivity index is 2.08. The molecule has 5 nitrogen and oxygen atoms in total. The zero-order valence-electron chi connectivity index (χ0n) is 17.0. The number of rotatable bonds is 8. The SMILES string of the molecule is CC(C)c1c(/C=C/[C@@H](O)CC(O)CC(=O)O)c(-c2ccc(F)cc2)n2ccccc12. The monoisotopic (exact) mass is 411 g/mol. The summed E-state index contributed by atoms with van der Waals surface area (Å²) in [5, 5.41) is 28.9. The molecule has 30 heavy (non-hydrogen) atoms. The molecule has 2 atom stereocenters. The zero-order valence-corrected chi connectivity index (χ0v) is 17.0. The van der Waals surface area contributed by atoms with Crippen LogP contribution in [0.2, 0.25) is 0 Å². The molecule has 2 heterocycles. The Labute approximate surface area is 174 Å². The molecular weight excluding hydrogens is 385 g/mol. The standard InChI is InChI=1S/C24H26FNO4/c1-15(2)23-20(11-10-18(27)13-19(28)14-22(29)30)24(16-6-8-17(25)9-7-16)26-12-4-3-5-21(23)26/h3-12,15,18-19,27-28H,13-14H2,1-2H3,(H,29,30)/b11-10+/t18-,19?/m1/s1. The molecule has 1 aromatic carbocycles. The van der Waals surface area contributed by atoms with Crippen LogP contribution in [0.3, 0.4) is 0 Å². The minimum absolute atomic E-state index is 0.0704. The average Bonchev–Trinajstić information content (AvgIpc) is 3.00. The van der Waals surface area contributed by atoms with Crippen LogP contribution in [0.1, 0.15) is 43.7 Å². The van der Waals surface area contributed by atoms with Gasteiger partial charge in [0, 0.05) is 23.7 Å². The third kappa shape index (κ3) is 4.78. The molecule has 158 valence electrons. The summed E-state index contributed by atoms with van der Waals surface area (Å²) in [5.41, 5.74) is 4.72. The normalized spacial score (nSPS) is 13.9. The minimum atomic E-state index is -1.13. The molecule has 0 saturated heterocycles. The number of benzene rings is 1. The average molecular weight is 411 g/mol. The van der Waals surface area contributed by atoms with E-state index in [9.17, 15) is 19.4 Å². The lowest BCUT2D eigenvalue weighted by atomic mass is 9.95. The number of aliphatic hydroxyl groups excluding tert-OH is 2. The van der Waals surface area contributed by atoms with Crippen LogP contribution in [-0.4, -0.2) is 37.9 Å². The fourth-order valence-electron chi connectivity index (χ4n) is 3.78. The van der Waals surface area contributed by atoms with E-state index in [0.29, 0.717) is 0 Å². The number of nitrogens with zero attached hydrogens (tertiary/aromatic N) is 1. The van der Waals surface area contributed by atoms with Gasteiger partial charge in [0.2, 0.25) is 0 Å². The maximum absolute atomic E-state index is 13.5. The Morgan fingerprint density at radius 3 is 2.47 bits per heavy atom. The number of pyridine rings is 1. The van der Waals surface area contributed by atoms with E-state index >= 15 is 0 Å². The molecule has 0 saturated carbocycles. The van der Waals surface area contributed by atoms with E-state index in [1.807, 2.05) is 28.8 Å². The van der Waals surface area contributed by atoms with Crippen molar-refractivity contribution >= 4 is 17.6 Å². The summed E-state index contributed by atoms with van der Waals surface area (Å²) in [7, 11) is 0. The van der Waals surface area contributed by atoms with Gasteiger partial charge in [-0.1, -0.05) is 32.1 Å². The fourth-order valence-corrected chi connectivity index (χ4v) is 3.78. The first-order valence-corrected chi connectivity index (χ1v) is 9.93. The quantitative estimate of drug-likeness (QED) is 0.511. The molecule has 1 unspecified atom stereocenters. The van der Waals surface area contributed by atoms with E-state index in [0.717, 1.165) is 27.9 Å². The Bertz CT molecular complexity index is 1050. The Hall–Kier alpha value is -2.96. The fraction of sp³-hybridized carbons (Fsp3) is 0.292. The first-order chi connectivity index (χ1) is 14.3. The highest BCUT2D eigenvalue weighted by Crippen LogP contribution is 2.37. The highest BCUT2D eigenvalue weighted by Gasteiger charge is 2.20.